The first-order valence-electron chi connectivity index (χ1n) is 10.5. The Morgan fingerprint density at radius 3 is 2.48 bits per heavy atom. The summed E-state index contributed by atoms with van der Waals surface area (Å²) in [5.74, 6) is 0.900. The molecule has 0 bridgehead atoms. The molecule has 27 heavy (non-hydrogen) atoms. The van der Waals surface area contributed by atoms with E-state index >= 15 is 0 Å². The maximum absolute atomic E-state index is 13.3. The van der Waals surface area contributed by atoms with Crippen molar-refractivity contribution in [3.8, 4) is 6.07 Å². The van der Waals surface area contributed by atoms with Crippen molar-refractivity contribution in [2.24, 2.45) is 11.8 Å². The van der Waals surface area contributed by atoms with Crippen molar-refractivity contribution in [3.05, 3.63) is 35.9 Å². The highest BCUT2D eigenvalue weighted by atomic mass is 16.2. The Morgan fingerprint density at radius 2 is 1.81 bits per heavy atom. The molecule has 1 amide bonds. The second-order valence-corrected chi connectivity index (χ2v) is 8.44. The SMILES string of the molecule is N#CC1(c2ccccc2)CCN(C(=O)C2CNNC2C2CCCCC2)CC1. The Labute approximate surface area is 162 Å². The fourth-order valence-electron chi connectivity index (χ4n) is 5.26. The monoisotopic (exact) mass is 366 g/mol. The van der Waals surface area contributed by atoms with E-state index in [4.69, 9.17) is 0 Å². The summed E-state index contributed by atoms with van der Waals surface area (Å²) in [4.78, 5) is 15.3. The highest BCUT2D eigenvalue weighted by Crippen LogP contribution is 2.36. The zero-order chi connectivity index (χ0) is 18.7. The van der Waals surface area contributed by atoms with Crippen molar-refractivity contribution in [2.75, 3.05) is 19.6 Å². The number of benzene rings is 1. The van der Waals surface area contributed by atoms with Crippen molar-refractivity contribution < 1.29 is 4.79 Å². The fourth-order valence-corrected chi connectivity index (χ4v) is 5.26. The number of nitrogens with zero attached hydrogens (tertiary/aromatic N) is 2. The zero-order valence-corrected chi connectivity index (χ0v) is 16.0. The van der Waals surface area contributed by atoms with Crippen LogP contribution in [0.3, 0.4) is 0 Å². The Kier molecular flexibility index (Phi) is 5.47. The van der Waals surface area contributed by atoms with Crippen molar-refractivity contribution in [2.45, 2.75) is 56.4 Å². The second-order valence-electron chi connectivity index (χ2n) is 8.44. The molecule has 2 N–H and O–H groups in total. The lowest BCUT2D eigenvalue weighted by Crippen LogP contribution is -2.50. The maximum atomic E-state index is 13.3. The minimum absolute atomic E-state index is 0.0272. The molecule has 3 aliphatic rings. The van der Waals surface area contributed by atoms with Gasteiger partial charge < -0.3 is 4.90 Å². The van der Waals surface area contributed by atoms with E-state index in [1.54, 1.807) is 0 Å². The second kappa shape index (κ2) is 8.00. The van der Waals surface area contributed by atoms with Gasteiger partial charge in [-0.2, -0.15) is 5.26 Å². The van der Waals surface area contributed by atoms with E-state index in [2.05, 4.69) is 16.9 Å². The molecule has 1 saturated carbocycles. The number of nitrogens with one attached hydrogen (secondary N) is 2. The van der Waals surface area contributed by atoms with E-state index in [1.807, 2.05) is 35.2 Å². The van der Waals surface area contributed by atoms with Gasteiger partial charge in [-0.1, -0.05) is 49.6 Å². The third-order valence-electron chi connectivity index (χ3n) is 6.97. The maximum Gasteiger partial charge on any atom is 0.228 e. The molecule has 1 aliphatic carbocycles. The summed E-state index contributed by atoms with van der Waals surface area (Å²) >= 11 is 0. The Bertz CT molecular complexity index is 684. The summed E-state index contributed by atoms with van der Waals surface area (Å²) in [6.07, 6.45) is 7.81. The Hall–Kier alpha value is -1.90. The van der Waals surface area contributed by atoms with Gasteiger partial charge in [-0.15, -0.1) is 0 Å². The summed E-state index contributed by atoms with van der Waals surface area (Å²) in [6, 6.07) is 12.9. The van der Waals surface area contributed by atoms with E-state index in [1.165, 1.54) is 32.1 Å². The molecule has 1 aromatic carbocycles. The van der Waals surface area contributed by atoms with Gasteiger partial charge in [0, 0.05) is 25.7 Å². The first kappa shape index (κ1) is 18.5. The normalized spacial score (nSPS) is 28.6. The standard InChI is InChI=1S/C22H30N4O/c23-16-22(18-9-5-2-6-10-18)11-13-26(14-12-22)21(27)19-15-24-25-20(19)17-7-3-1-4-8-17/h2,5-6,9-10,17,19-20,24-25H,1,3-4,7-8,11-15H2. The number of likely N-dealkylation sites (tertiary alicyclic amines) is 1. The summed E-state index contributed by atoms with van der Waals surface area (Å²) < 4.78 is 0. The first-order chi connectivity index (χ1) is 13.2. The molecule has 144 valence electrons. The number of rotatable bonds is 3. The molecule has 2 unspecified atom stereocenters. The van der Waals surface area contributed by atoms with Crippen molar-refractivity contribution >= 4 is 5.91 Å². The van der Waals surface area contributed by atoms with Crippen LogP contribution in [0.5, 0.6) is 0 Å². The van der Waals surface area contributed by atoms with Gasteiger partial charge in [-0.25, -0.2) is 0 Å². The smallest absolute Gasteiger partial charge is 0.228 e. The number of piperidine rings is 1. The van der Waals surface area contributed by atoms with Crippen molar-refractivity contribution in [1.82, 2.24) is 15.8 Å². The van der Waals surface area contributed by atoms with Gasteiger partial charge in [-0.3, -0.25) is 15.6 Å². The van der Waals surface area contributed by atoms with Gasteiger partial charge in [-0.05, 0) is 37.2 Å². The number of hydrogen-bond acceptors (Lipinski definition) is 4. The number of amides is 1. The molecule has 2 saturated heterocycles. The Balaban J connectivity index is 1.41. The summed E-state index contributed by atoms with van der Waals surface area (Å²) in [6.45, 7) is 2.07. The predicted octanol–water partition coefficient (Wildman–Crippen LogP) is 2.74. The molecule has 1 aromatic rings. The predicted molar refractivity (Wildman–Crippen MR) is 105 cm³/mol. The van der Waals surface area contributed by atoms with Gasteiger partial charge in [0.25, 0.3) is 0 Å². The number of hydrazine groups is 1. The number of hydrogen-bond donors (Lipinski definition) is 2. The van der Waals surface area contributed by atoms with E-state index < -0.39 is 5.41 Å². The highest BCUT2D eigenvalue weighted by Gasteiger charge is 2.43. The molecule has 5 heteroatoms. The number of carbonyl (C=O) groups excluding carboxylic acids is 1. The van der Waals surface area contributed by atoms with Gasteiger partial charge in [0.15, 0.2) is 0 Å². The molecule has 3 fully saturated rings. The average molecular weight is 367 g/mol. The number of carbonyl (C=O) groups is 1. The topological polar surface area (TPSA) is 68.2 Å². The zero-order valence-electron chi connectivity index (χ0n) is 16.0. The highest BCUT2D eigenvalue weighted by molar-refractivity contribution is 5.80. The third-order valence-corrected chi connectivity index (χ3v) is 6.97. The largest absolute Gasteiger partial charge is 0.342 e. The van der Waals surface area contributed by atoms with Crippen LogP contribution in [0.4, 0.5) is 0 Å². The lowest BCUT2D eigenvalue weighted by Gasteiger charge is -2.39. The van der Waals surface area contributed by atoms with Crippen molar-refractivity contribution in [1.29, 1.82) is 5.26 Å². The van der Waals surface area contributed by atoms with Crippen LogP contribution in [0.1, 0.15) is 50.5 Å². The molecule has 2 aliphatic heterocycles. The first-order valence-corrected chi connectivity index (χ1v) is 10.5. The summed E-state index contributed by atoms with van der Waals surface area (Å²) in [7, 11) is 0. The van der Waals surface area contributed by atoms with Gasteiger partial charge >= 0.3 is 0 Å². The van der Waals surface area contributed by atoms with Crippen LogP contribution in [-0.4, -0.2) is 36.5 Å². The third kappa shape index (κ3) is 3.61. The summed E-state index contributed by atoms with van der Waals surface area (Å²) in [5.41, 5.74) is 7.28. The quantitative estimate of drug-likeness (QED) is 0.863. The molecule has 2 heterocycles. The van der Waals surface area contributed by atoms with Gasteiger partial charge in [0.05, 0.1) is 17.4 Å². The molecule has 2 atom stereocenters. The fraction of sp³-hybridized carbons (Fsp3) is 0.636. The lowest BCUT2D eigenvalue weighted by molar-refractivity contribution is -0.137. The van der Waals surface area contributed by atoms with E-state index in [0.717, 1.165) is 24.9 Å². The van der Waals surface area contributed by atoms with Crippen LogP contribution in [0.2, 0.25) is 0 Å². The molecule has 0 radical (unpaired) electrons. The molecule has 0 spiro atoms. The van der Waals surface area contributed by atoms with Crippen LogP contribution < -0.4 is 10.9 Å². The van der Waals surface area contributed by atoms with Crippen LogP contribution >= 0.6 is 0 Å². The molecule has 4 rings (SSSR count). The molecular formula is C22H30N4O. The average Bonchev–Trinajstić information content (AvgIpc) is 3.24. The van der Waals surface area contributed by atoms with E-state index in [-0.39, 0.29) is 17.9 Å². The molecule has 5 nitrogen and oxygen atoms in total. The van der Waals surface area contributed by atoms with Crippen LogP contribution in [0.15, 0.2) is 30.3 Å². The lowest BCUT2D eigenvalue weighted by atomic mass is 9.73. The van der Waals surface area contributed by atoms with Crippen molar-refractivity contribution in [3.63, 3.8) is 0 Å². The van der Waals surface area contributed by atoms with Crippen LogP contribution in [0.25, 0.3) is 0 Å². The van der Waals surface area contributed by atoms with Crippen LogP contribution in [0, 0.1) is 23.2 Å². The number of nitriles is 1. The Morgan fingerprint density at radius 1 is 1.11 bits per heavy atom. The van der Waals surface area contributed by atoms with Gasteiger partial charge in [0.2, 0.25) is 5.91 Å². The van der Waals surface area contributed by atoms with Crippen LogP contribution in [-0.2, 0) is 10.2 Å². The minimum atomic E-state index is -0.451. The van der Waals surface area contributed by atoms with E-state index in [9.17, 15) is 10.1 Å². The minimum Gasteiger partial charge on any atom is -0.342 e. The summed E-state index contributed by atoms with van der Waals surface area (Å²) in [5, 5.41) is 9.87. The van der Waals surface area contributed by atoms with E-state index in [0.29, 0.717) is 19.0 Å². The molecular weight excluding hydrogens is 336 g/mol. The molecule has 0 aromatic heterocycles. The van der Waals surface area contributed by atoms with Gasteiger partial charge in [0.1, 0.15) is 0 Å².